The van der Waals surface area contributed by atoms with Crippen molar-refractivity contribution in [2.45, 2.75) is 19.3 Å². The van der Waals surface area contributed by atoms with E-state index in [0.29, 0.717) is 0 Å². The molecule has 1 nitrogen and oxygen atoms in total. The molecular weight excluding hydrogens is 675 g/mol. The maximum atomic E-state index is 2.50. The molecule has 0 atom stereocenters. The molecular formula is C55H41N. The number of fused-ring (bicyclic) bond motifs is 4. The fourth-order valence-corrected chi connectivity index (χ4v) is 9.04. The van der Waals surface area contributed by atoms with Crippen molar-refractivity contribution in [3.63, 3.8) is 0 Å². The highest BCUT2D eigenvalue weighted by Crippen LogP contribution is 2.54. The van der Waals surface area contributed by atoms with E-state index in [9.17, 15) is 0 Å². The summed E-state index contributed by atoms with van der Waals surface area (Å²) in [5, 5.41) is 2.46. The summed E-state index contributed by atoms with van der Waals surface area (Å²) >= 11 is 0. The molecule has 0 aliphatic heterocycles. The molecule has 0 fully saturated rings. The third kappa shape index (κ3) is 5.55. The van der Waals surface area contributed by atoms with Crippen LogP contribution >= 0.6 is 0 Å². The van der Waals surface area contributed by atoms with Crippen molar-refractivity contribution >= 4 is 27.8 Å². The summed E-state index contributed by atoms with van der Waals surface area (Å²) in [6.07, 6.45) is 0. The molecule has 266 valence electrons. The fraction of sp³-hybridized carbons (Fsp3) is 0.0545. The molecule has 0 heterocycles. The number of benzene rings is 9. The summed E-state index contributed by atoms with van der Waals surface area (Å²) in [4.78, 5) is 2.50. The smallest absolute Gasteiger partial charge is 0.0540 e. The van der Waals surface area contributed by atoms with Gasteiger partial charge in [-0.3, -0.25) is 0 Å². The van der Waals surface area contributed by atoms with E-state index >= 15 is 0 Å². The van der Waals surface area contributed by atoms with E-state index in [1.54, 1.807) is 0 Å². The summed E-state index contributed by atoms with van der Waals surface area (Å²) < 4.78 is 0. The Morgan fingerprint density at radius 3 is 1.57 bits per heavy atom. The van der Waals surface area contributed by atoms with Crippen molar-refractivity contribution in [3.05, 3.63) is 223 Å². The molecule has 1 heteroatoms. The van der Waals surface area contributed by atoms with Crippen LogP contribution in [0.3, 0.4) is 0 Å². The van der Waals surface area contributed by atoms with E-state index in [1.807, 2.05) is 0 Å². The summed E-state index contributed by atoms with van der Waals surface area (Å²) in [6.45, 7) is 4.72. The number of hydrogen-bond donors (Lipinski definition) is 0. The first kappa shape index (κ1) is 33.6. The zero-order valence-electron chi connectivity index (χ0n) is 31.7. The Balaban J connectivity index is 1.27. The normalized spacial score (nSPS) is 12.6. The van der Waals surface area contributed by atoms with E-state index in [0.717, 1.165) is 17.1 Å². The minimum absolute atomic E-state index is 0.102. The molecule has 0 saturated carbocycles. The van der Waals surface area contributed by atoms with Gasteiger partial charge in [-0.1, -0.05) is 202 Å². The summed E-state index contributed by atoms with van der Waals surface area (Å²) in [5.74, 6) is 0. The minimum Gasteiger partial charge on any atom is -0.309 e. The highest BCUT2D eigenvalue weighted by Gasteiger charge is 2.37. The Hall–Kier alpha value is -6.96. The molecule has 0 bridgehead atoms. The van der Waals surface area contributed by atoms with Crippen LogP contribution in [0.5, 0.6) is 0 Å². The molecule has 1 aliphatic rings. The molecule has 1 aliphatic carbocycles. The summed E-state index contributed by atoms with van der Waals surface area (Å²) in [6, 6.07) is 77.7. The second-order valence-corrected chi connectivity index (χ2v) is 15.3. The van der Waals surface area contributed by atoms with Gasteiger partial charge in [-0.15, -0.1) is 0 Å². The SMILES string of the molecule is CC1(C)c2ccccc2-c2c(-c3ccccc3N(c3ccc(-c4ccccc4)c(-c4ccccc4)c3)c3ccccc3-c3cccc4ccccc34)cccc21. The van der Waals surface area contributed by atoms with Gasteiger partial charge in [-0.2, -0.15) is 0 Å². The van der Waals surface area contributed by atoms with Gasteiger partial charge in [0.05, 0.1) is 11.4 Å². The lowest BCUT2D eigenvalue weighted by Gasteiger charge is -2.31. The van der Waals surface area contributed by atoms with Crippen LogP contribution in [-0.4, -0.2) is 0 Å². The molecule has 0 aromatic heterocycles. The molecule has 0 radical (unpaired) electrons. The molecule has 0 amide bonds. The van der Waals surface area contributed by atoms with Gasteiger partial charge in [0.25, 0.3) is 0 Å². The van der Waals surface area contributed by atoms with Gasteiger partial charge in [0, 0.05) is 22.2 Å². The monoisotopic (exact) mass is 715 g/mol. The van der Waals surface area contributed by atoms with E-state index in [1.165, 1.54) is 77.5 Å². The second kappa shape index (κ2) is 13.7. The summed E-state index contributed by atoms with van der Waals surface area (Å²) in [5.41, 5.74) is 18.2. The van der Waals surface area contributed by atoms with Crippen LogP contribution in [0.15, 0.2) is 212 Å². The largest absolute Gasteiger partial charge is 0.309 e. The van der Waals surface area contributed by atoms with Crippen molar-refractivity contribution in [1.29, 1.82) is 0 Å². The Bertz CT molecular complexity index is 2880. The molecule has 0 unspecified atom stereocenters. The second-order valence-electron chi connectivity index (χ2n) is 15.3. The number of nitrogens with zero attached hydrogens (tertiary/aromatic N) is 1. The first-order chi connectivity index (χ1) is 27.6. The first-order valence-electron chi connectivity index (χ1n) is 19.5. The molecule has 9 aromatic rings. The van der Waals surface area contributed by atoms with E-state index in [4.69, 9.17) is 0 Å². The maximum absolute atomic E-state index is 2.50. The average Bonchev–Trinajstić information content (AvgIpc) is 3.50. The van der Waals surface area contributed by atoms with E-state index < -0.39 is 0 Å². The predicted molar refractivity (Wildman–Crippen MR) is 238 cm³/mol. The number of para-hydroxylation sites is 2. The highest BCUT2D eigenvalue weighted by atomic mass is 15.1. The minimum atomic E-state index is -0.102. The number of hydrogen-bond acceptors (Lipinski definition) is 1. The lowest BCUT2D eigenvalue weighted by Crippen LogP contribution is -2.15. The van der Waals surface area contributed by atoms with Crippen LogP contribution in [0.4, 0.5) is 17.1 Å². The van der Waals surface area contributed by atoms with E-state index in [-0.39, 0.29) is 5.41 Å². The molecule has 9 aromatic carbocycles. The van der Waals surface area contributed by atoms with Crippen molar-refractivity contribution < 1.29 is 0 Å². The quantitative estimate of drug-likeness (QED) is 0.159. The van der Waals surface area contributed by atoms with Gasteiger partial charge in [-0.05, 0) is 90.7 Å². The molecule has 10 rings (SSSR count). The molecule has 56 heavy (non-hydrogen) atoms. The van der Waals surface area contributed by atoms with Gasteiger partial charge >= 0.3 is 0 Å². The lowest BCUT2D eigenvalue weighted by molar-refractivity contribution is 0.660. The molecule has 0 N–H and O–H groups in total. The van der Waals surface area contributed by atoms with Crippen molar-refractivity contribution in [1.82, 2.24) is 0 Å². The standard InChI is InChI=1S/C55H41N/c1-55(2)50-31-14-11-28-48(50)54-47(30-18-32-51(54)55)46-27-13-16-34-53(46)56(52-33-15-12-26-45(52)44-29-17-24-39-23-9-10-25-42(39)44)41-35-36-43(38-19-5-3-6-20-38)49(37-41)40-21-7-4-8-22-40/h3-37H,1-2H3. The highest BCUT2D eigenvalue weighted by molar-refractivity contribution is 6.04. The van der Waals surface area contributed by atoms with Crippen LogP contribution < -0.4 is 4.90 Å². The van der Waals surface area contributed by atoms with Gasteiger partial charge in [0.15, 0.2) is 0 Å². The first-order valence-corrected chi connectivity index (χ1v) is 19.5. The Morgan fingerprint density at radius 2 is 0.839 bits per heavy atom. The Morgan fingerprint density at radius 1 is 0.339 bits per heavy atom. The van der Waals surface area contributed by atoms with Crippen LogP contribution in [0, 0.1) is 0 Å². The van der Waals surface area contributed by atoms with Crippen LogP contribution in [0.25, 0.3) is 66.4 Å². The lowest BCUT2D eigenvalue weighted by atomic mass is 9.82. The van der Waals surface area contributed by atoms with Crippen molar-refractivity contribution in [2.24, 2.45) is 0 Å². The number of rotatable bonds is 7. The van der Waals surface area contributed by atoms with Gasteiger partial charge in [0.2, 0.25) is 0 Å². The molecule has 0 spiro atoms. The van der Waals surface area contributed by atoms with Gasteiger partial charge in [-0.25, -0.2) is 0 Å². The predicted octanol–water partition coefficient (Wildman–Crippen LogP) is 15.3. The third-order valence-electron chi connectivity index (χ3n) is 11.7. The van der Waals surface area contributed by atoms with Crippen molar-refractivity contribution in [2.75, 3.05) is 4.90 Å². The van der Waals surface area contributed by atoms with E-state index in [2.05, 4.69) is 231 Å². The zero-order valence-corrected chi connectivity index (χ0v) is 31.7. The van der Waals surface area contributed by atoms with Crippen LogP contribution in [0.1, 0.15) is 25.0 Å². The maximum Gasteiger partial charge on any atom is 0.0540 e. The Labute approximate surface area is 329 Å². The van der Waals surface area contributed by atoms with Gasteiger partial charge < -0.3 is 4.90 Å². The molecule has 0 saturated heterocycles. The Kier molecular flexibility index (Phi) is 8.23. The zero-order chi connectivity index (χ0) is 37.6. The third-order valence-corrected chi connectivity index (χ3v) is 11.7. The van der Waals surface area contributed by atoms with Gasteiger partial charge in [0.1, 0.15) is 0 Å². The summed E-state index contributed by atoms with van der Waals surface area (Å²) in [7, 11) is 0. The topological polar surface area (TPSA) is 3.24 Å². The van der Waals surface area contributed by atoms with Crippen molar-refractivity contribution in [3.8, 4) is 55.6 Å². The fourth-order valence-electron chi connectivity index (χ4n) is 9.04. The van der Waals surface area contributed by atoms with Crippen LogP contribution in [-0.2, 0) is 5.41 Å². The average molecular weight is 716 g/mol. The van der Waals surface area contributed by atoms with Crippen LogP contribution in [0.2, 0.25) is 0 Å². The number of anilines is 3.